The molecule has 1 heterocycles. The molecule has 5 heteroatoms. The molecule has 1 aliphatic heterocycles. The lowest BCUT2D eigenvalue weighted by Crippen LogP contribution is -2.42. The van der Waals surface area contributed by atoms with Crippen molar-refractivity contribution < 1.29 is 9.59 Å². The summed E-state index contributed by atoms with van der Waals surface area (Å²) in [5, 5.41) is 7.61. The molecule has 1 fully saturated rings. The number of carbonyl (C=O) groups excluding carboxylic acids is 2. The van der Waals surface area contributed by atoms with Gasteiger partial charge in [-0.15, -0.1) is 5.01 Å². The first-order valence-corrected chi connectivity index (χ1v) is 6.65. The fraction of sp³-hybridized carbons (Fsp3) is 0.400. The lowest BCUT2D eigenvalue weighted by atomic mass is 10.00. The number of nitrogens with zero attached hydrogens (tertiary/aromatic N) is 2. The van der Waals surface area contributed by atoms with Crippen LogP contribution in [-0.2, 0) is 4.79 Å². The van der Waals surface area contributed by atoms with Crippen molar-refractivity contribution in [2.24, 2.45) is 5.10 Å². The third-order valence-corrected chi connectivity index (χ3v) is 3.68. The van der Waals surface area contributed by atoms with Crippen LogP contribution in [0.3, 0.4) is 0 Å². The number of imide groups is 1. The lowest BCUT2D eigenvalue weighted by Gasteiger charge is -2.17. The van der Waals surface area contributed by atoms with Crippen LogP contribution >= 0.6 is 0 Å². The van der Waals surface area contributed by atoms with Crippen molar-refractivity contribution in [1.82, 2.24) is 10.3 Å². The van der Waals surface area contributed by atoms with Crippen molar-refractivity contribution in [1.29, 1.82) is 0 Å². The summed E-state index contributed by atoms with van der Waals surface area (Å²) < 4.78 is 0. The van der Waals surface area contributed by atoms with Gasteiger partial charge < -0.3 is 5.32 Å². The maximum absolute atomic E-state index is 12.2. The van der Waals surface area contributed by atoms with Gasteiger partial charge in [0.1, 0.15) is 5.54 Å². The highest BCUT2D eigenvalue weighted by atomic mass is 16.2. The fourth-order valence-corrected chi connectivity index (χ4v) is 2.10. The molecule has 1 N–H and O–H groups in total. The summed E-state index contributed by atoms with van der Waals surface area (Å²) in [6, 6.07) is 5.45. The molecule has 5 nitrogen and oxygen atoms in total. The molecule has 1 saturated heterocycles. The zero-order valence-electron chi connectivity index (χ0n) is 12.2. The second kappa shape index (κ2) is 5.07. The molecule has 2 rings (SSSR count). The molecule has 3 amide bonds. The van der Waals surface area contributed by atoms with Gasteiger partial charge in [-0.25, -0.2) is 4.79 Å². The van der Waals surface area contributed by atoms with Crippen LogP contribution in [0.2, 0.25) is 0 Å². The largest absolute Gasteiger partial charge is 0.346 e. The molecule has 0 aliphatic carbocycles. The first kappa shape index (κ1) is 14.2. The number of hydrogen-bond acceptors (Lipinski definition) is 3. The van der Waals surface area contributed by atoms with Crippen molar-refractivity contribution in [3.63, 3.8) is 0 Å². The third-order valence-electron chi connectivity index (χ3n) is 3.68. The highest BCUT2D eigenvalue weighted by Gasteiger charge is 2.46. The van der Waals surface area contributed by atoms with Crippen LogP contribution in [-0.4, -0.2) is 28.7 Å². The van der Waals surface area contributed by atoms with E-state index in [9.17, 15) is 9.59 Å². The minimum Gasteiger partial charge on any atom is -0.322 e. The van der Waals surface area contributed by atoms with Crippen molar-refractivity contribution >= 4 is 18.2 Å². The standard InChI is InChI=1S/C15H19N3O2/c1-5-15(4)13(19)18(14(20)17-15)16-9-12-7-6-10(2)8-11(12)3/h6-9H,5H2,1-4H3,(H,17,20)/b16-9-/t15-/m0/s1. The smallest absolute Gasteiger partial charge is 0.322 e. The van der Waals surface area contributed by atoms with Gasteiger partial charge in [0.25, 0.3) is 5.91 Å². The molecule has 0 radical (unpaired) electrons. The minimum absolute atomic E-state index is 0.314. The Morgan fingerprint density at radius 2 is 2.05 bits per heavy atom. The molecule has 0 bridgehead atoms. The van der Waals surface area contributed by atoms with E-state index in [4.69, 9.17) is 0 Å². The first-order valence-electron chi connectivity index (χ1n) is 6.65. The number of rotatable bonds is 3. The number of benzene rings is 1. The van der Waals surface area contributed by atoms with Crippen molar-refractivity contribution in [2.45, 2.75) is 39.7 Å². The van der Waals surface area contributed by atoms with E-state index in [1.165, 1.54) is 0 Å². The predicted octanol–water partition coefficient (Wildman–Crippen LogP) is 2.36. The Kier molecular flexibility index (Phi) is 3.61. The van der Waals surface area contributed by atoms with Gasteiger partial charge >= 0.3 is 6.03 Å². The van der Waals surface area contributed by atoms with Gasteiger partial charge in [0, 0.05) is 0 Å². The molecule has 0 saturated carbocycles. The number of nitrogens with one attached hydrogen (secondary N) is 1. The van der Waals surface area contributed by atoms with Gasteiger partial charge in [-0.2, -0.15) is 5.10 Å². The van der Waals surface area contributed by atoms with Crippen LogP contribution in [0.5, 0.6) is 0 Å². The zero-order chi connectivity index (χ0) is 14.9. The number of hydrazone groups is 1. The van der Waals surface area contributed by atoms with Crippen LogP contribution in [0, 0.1) is 13.8 Å². The Balaban J connectivity index is 2.24. The van der Waals surface area contributed by atoms with Crippen molar-refractivity contribution in [3.8, 4) is 0 Å². The molecular formula is C15H19N3O2. The molecule has 1 atom stereocenters. The topological polar surface area (TPSA) is 61.8 Å². The van der Waals surface area contributed by atoms with Crippen LogP contribution in [0.15, 0.2) is 23.3 Å². The Hall–Kier alpha value is -2.17. The summed E-state index contributed by atoms with van der Waals surface area (Å²) in [5.41, 5.74) is 2.25. The van der Waals surface area contributed by atoms with Crippen LogP contribution in [0.25, 0.3) is 0 Å². The highest BCUT2D eigenvalue weighted by molar-refractivity contribution is 6.07. The van der Waals surface area contributed by atoms with E-state index in [0.29, 0.717) is 6.42 Å². The van der Waals surface area contributed by atoms with Crippen LogP contribution < -0.4 is 5.32 Å². The Bertz CT molecular complexity index is 595. The average Bonchev–Trinajstić information content (AvgIpc) is 2.61. The molecule has 20 heavy (non-hydrogen) atoms. The Morgan fingerprint density at radius 3 is 2.60 bits per heavy atom. The number of hydrogen-bond donors (Lipinski definition) is 1. The predicted molar refractivity (Wildman–Crippen MR) is 77.6 cm³/mol. The molecular weight excluding hydrogens is 254 g/mol. The SMILES string of the molecule is CC[C@]1(C)NC(=O)N(/N=C\c2ccc(C)cc2C)C1=O. The molecule has 1 aliphatic rings. The zero-order valence-corrected chi connectivity index (χ0v) is 12.2. The third kappa shape index (κ3) is 2.43. The summed E-state index contributed by atoms with van der Waals surface area (Å²) in [6.07, 6.45) is 2.08. The first-order chi connectivity index (χ1) is 9.37. The van der Waals surface area contributed by atoms with Gasteiger partial charge in [-0.1, -0.05) is 30.7 Å². The second-order valence-corrected chi connectivity index (χ2v) is 5.34. The van der Waals surface area contributed by atoms with Gasteiger partial charge in [-0.3, -0.25) is 4.79 Å². The number of carbonyl (C=O) groups is 2. The van der Waals surface area contributed by atoms with Gasteiger partial charge in [0.05, 0.1) is 6.21 Å². The summed E-state index contributed by atoms with van der Waals surface area (Å²) >= 11 is 0. The maximum atomic E-state index is 12.2. The quantitative estimate of drug-likeness (QED) is 0.679. The number of urea groups is 1. The molecule has 0 unspecified atom stereocenters. The van der Waals surface area contributed by atoms with E-state index in [1.54, 1.807) is 13.1 Å². The normalized spacial score (nSPS) is 22.7. The van der Waals surface area contributed by atoms with Gasteiger partial charge in [0.2, 0.25) is 0 Å². The highest BCUT2D eigenvalue weighted by Crippen LogP contribution is 2.21. The minimum atomic E-state index is -0.850. The van der Waals surface area contributed by atoms with E-state index in [1.807, 2.05) is 39.0 Å². The maximum Gasteiger partial charge on any atom is 0.346 e. The number of amides is 3. The van der Waals surface area contributed by atoms with E-state index in [-0.39, 0.29) is 5.91 Å². The molecule has 1 aromatic carbocycles. The van der Waals surface area contributed by atoms with Crippen molar-refractivity contribution in [3.05, 3.63) is 34.9 Å². The summed E-state index contributed by atoms with van der Waals surface area (Å²) in [6.45, 7) is 7.55. The molecule has 106 valence electrons. The Morgan fingerprint density at radius 1 is 1.35 bits per heavy atom. The molecule has 0 spiro atoms. The van der Waals surface area contributed by atoms with Crippen LogP contribution in [0.1, 0.15) is 37.0 Å². The Labute approximate surface area is 118 Å². The summed E-state index contributed by atoms with van der Waals surface area (Å²) in [7, 11) is 0. The van der Waals surface area contributed by atoms with Gasteiger partial charge in [0.15, 0.2) is 0 Å². The molecule has 1 aromatic rings. The lowest BCUT2D eigenvalue weighted by molar-refractivity contribution is -0.130. The van der Waals surface area contributed by atoms with E-state index in [2.05, 4.69) is 10.4 Å². The van der Waals surface area contributed by atoms with Crippen molar-refractivity contribution in [2.75, 3.05) is 0 Å². The van der Waals surface area contributed by atoms with E-state index in [0.717, 1.165) is 21.7 Å². The monoisotopic (exact) mass is 273 g/mol. The molecule has 0 aromatic heterocycles. The van der Waals surface area contributed by atoms with Crippen LogP contribution in [0.4, 0.5) is 4.79 Å². The average molecular weight is 273 g/mol. The summed E-state index contributed by atoms with van der Waals surface area (Å²) in [5.74, 6) is -0.314. The van der Waals surface area contributed by atoms with E-state index < -0.39 is 11.6 Å². The summed E-state index contributed by atoms with van der Waals surface area (Å²) in [4.78, 5) is 24.0. The second-order valence-electron chi connectivity index (χ2n) is 5.34. The number of aryl methyl sites for hydroxylation is 2. The van der Waals surface area contributed by atoms with Gasteiger partial charge in [-0.05, 0) is 38.3 Å². The fourth-order valence-electron chi connectivity index (χ4n) is 2.10. The van der Waals surface area contributed by atoms with E-state index >= 15 is 0 Å².